The summed E-state index contributed by atoms with van der Waals surface area (Å²) in [6.07, 6.45) is -11.3. The van der Waals surface area contributed by atoms with Crippen LogP contribution in [-0.2, 0) is 34.7 Å². The molecular formula is C32H37F6N5O6. The van der Waals surface area contributed by atoms with E-state index in [2.05, 4.69) is 15.0 Å². The Morgan fingerprint density at radius 2 is 1.61 bits per heavy atom. The van der Waals surface area contributed by atoms with Crippen molar-refractivity contribution < 1.29 is 55.6 Å². The van der Waals surface area contributed by atoms with Gasteiger partial charge in [0.15, 0.2) is 0 Å². The van der Waals surface area contributed by atoms with Gasteiger partial charge in [-0.2, -0.15) is 26.3 Å². The van der Waals surface area contributed by atoms with Crippen LogP contribution in [0.3, 0.4) is 0 Å². The van der Waals surface area contributed by atoms with Crippen LogP contribution < -0.4 is 15.4 Å². The molecule has 1 amide bonds. The van der Waals surface area contributed by atoms with Crippen molar-refractivity contribution >= 4 is 17.7 Å². The number of aryl methyl sites for hydroxylation is 1. The lowest BCUT2D eigenvalue weighted by molar-refractivity contribution is -0.143. The Bertz CT molecular complexity index is 1600. The van der Waals surface area contributed by atoms with Crippen molar-refractivity contribution in [2.75, 3.05) is 25.2 Å². The summed E-state index contributed by atoms with van der Waals surface area (Å²) in [5.74, 6) is -1.93. The second kappa shape index (κ2) is 15.8. The van der Waals surface area contributed by atoms with E-state index in [0.717, 1.165) is 18.1 Å². The number of carboxylic acids is 1. The topological polar surface area (TPSA) is 161 Å². The molecule has 0 saturated heterocycles. The molecule has 268 valence electrons. The molecule has 0 radical (unpaired) electrons. The fourth-order valence-electron chi connectivity index (χ4n) is 5.35. The van der Waals surface area contributed by atoms with E-state index in [-0.39, 0.29) is 65.2 Å². The van der Waals surface area contributed by atoms with Gasteiger partial charge in [-0.15, -0.1) is 0 Å². The lowest BCUT2D eigenvalue weighted by atomic mass is 9.83. The van der Waals surface area contributed by atoms with Crippen LogP contribution in [0, 0.1) is 0 Å². The van der Waals surface area contributed by atoms with Crippen LogP contribution in [0.1, 0.15) is 85.4 Å². The summed E-state index contributed by atoms with van der Waals surface area (Å²) in [4.78, 5) is 37.8. The number of pyridine rings is 1. The molecule has 0 spiro atoms. The van der Waals surface area contributed by atoms with Crippen molar-refractivity contribution in [3.8, 4) is 5.88 Å². The number of aromatic nitrogens is 3. The number of ether oxygens (including phenoxy) is 2. The van der Waals surface area contributed by atoms with Crippen molar-refractivity contribution in [3.63, 3.8) is 0 Å². The highest BCUT2D eigenvalue weighted by Crippen LogP contribution is 2.45. The van der Waals surface area contributed by atoms with Crippen molar-refractivity contribution in [1.82, 2.24) is 15.0 Å². The number of aliphatic carboxylic acids is 1. The molecule has 3 heterocycles. The first-order chi connectivity index (χ1) is 22.9. The standard InChI is InChI=1S/C28H27F6N5O5.C4H10O/c1-3-26(35)12-18(23-20(39(26)25(42)43)5-6-21(38-23)44-2)24-36-13-15(4-7-22(40)41)19(37-24)10-14-8-16(27(29,30)31)11-17(9-14)28(32,33)34;1-3-5-4-2/h5-6,8-9,11,13,18H,3-4,7,10,12,35H2,1-2H3,(H,40,41)(H,42,43);3-4H2,1-2H3/t18-,26+;/m0./s1. The molecule has 4 rings (SSSR count). The number of fused-ring (bicyclic) bond motifs is 1. The van der Waals surface area contributed by atoms with E-state index in [1.807, 2.05) is 13.8 Å². The van der Waals surface area contributed by atoms with Gasteiger partial charge in [0.2, 0.25) is 5.88 Å². The van der Waals surface area contributed by atoms with Gasteiger partial charge < -0.3 is 25.4 Å². The summed E-state index contributed by atoms with van der Waals surface area (Å²) in [5.41, 5.74) is 2.18. The van der Waals surface area contributed by atoms with E-state index in [4.69, 9.17) is 15.2 Å². The van der Waals surface area contributed by atoms with Gasteiger partial charge in [-0.1, -0.05) is 6.92 Å². The van der Waals surface area contributed by atoms with Crippen molar-refractivity contribution in [2.45, 2.75) is 76.8 Å². The van der Waals surface area contributed by atoms with Crippen LogP contribution in [-0.4, -0.2) is 63.2 Å². The van der Waals surface area contributed by atoms with Crippen molar-refractivity contribution in [2.24, 2.45) is 5.73 Å². The second-order valence-corrected chi connectivity index (χ2v) is 11.1. The Hall–Kier alpha value is -4.51. The Kier molecular flexibility index (Phi) is 12.6. The van der Waals surface area contributed by atoms with E-state index in [1.165, 1.54) is 25.4 Å². The maximum atomic E-state index is 13.5. The number of nitrogens with two attached hydrogens (primary N) is 1. The van der Waals surface area contributed by atoms with Gasteiger partial charge in [-0.3, -0.25) is 9.69 Å². The predicted molar refractivity (Wildman–Crippen MR) is 164 cm³/mol. The van der Waals surface area contributed by atoms with Crippen molar-refractivity contribution in [3.05, 3.63) is 76.0 Å². The fourth-order valence-corrected chi connectivity index (χ4v) is 5.35. The summed E-state index contributed by atoms with van der Waals surface area (Å²) < 4.78 is 91.2. The summed E-state index contributed by atoms with van der Waals surface area (Å²) in [6.45, 7) is 7.34. The number of hydrogen-bond acceptors (Lipinski definition) is 8. The monoisotopic (exact) mass is 701 g/mol. The molecule has 2 aromatic heterocycles. The first kappa shape index (κ1) is 38.9. The summed E-state index contributed by atoms with van der Waals surface area (Å²) in [5, 5.41) is 19.2. The molecule has 0 aliphatic carbocycles. The maximum Gasteiger partial charge on any atom is 0.416 e. The predicted octanol–water partition coefficient (Wildman–Crippen LogP) is 6.65. The average molecular weight is 702 g/mol. The zero-order chi connectivity index (χ0) is 36.7. The third kappa shape index (κ3) is 9.56. The SMILES string of the molecule is CCOCC.CC[C@]1(N)C[C@H](c2ncc(CCC(=O)O)c(Cc3cc(C(F)(F)F)cc(C(F)(F)F)c3)n2)c2nc(OC)ccc2N1C(=O)O. The highest BCUT2D eigenvalue weighted by molar-refractivity contribution is 5.89. The number of alkyl halides is 6. The third-order valence-corrected chi connectivity index (χ3v) is 7.78. The number of hydrogen-bond donors (Lipinski definition) is 3. The quantitative estimate of drug-likeness (QED) is 0.195. The highest BCUT2D eigenvalue weighted by Gasteiger charge is 2.47. The minimum atomic E-state index is -5.07. The lowest BCUT2D eigenvalue weighted by Crippen LogP contribution is -2.61. The number of rotatable bonds is 10. The van der Waals surface area contributed by atoms with Gasteiger partial charge >= 0.3 is 24.4 Å². The lowest BCUT2D eigenvalue weighted by Gasteiger charge is -2.45. The Morgan fingerprint density at radius 3 is 2.08 bits per heavy atom. The third-order valence-electron chi connectivity index (χ3n) is 7.78. The average Bonchev–Trinajstić information content (AvgIpc) is 3.03. The number of anilines is 1. The molecule has 11 nitrogen and oxygen atoms in total. The summed E-state index contributed by atoms with van der Waals surface area (Å²) in [7, 11) is 1.34. The molecule has 1 aliphatic rings. The van der Waals surface area contributed by atoms with E-state index in [9.17, 15) is 46.1 Å². The Balaban J connectivity index is 0.00000121. The molecular weight excluding hydrogens is 664 g/mol. The molecule has 17 heteroatoms. The molecule has 0 fully saturated rings. The van der Waals surface area contributed by atoms with E-state index in [0.29, 0.717) is 12.1 Å². The van der Waals surface area contributed by atoms with Gasteiger partial charge in [0.25, 0.3) is 0 Å². The zero-order valence-corrected chi connectivity index (χ0v) is 27.2. The highest BCUT2D eigenvalue weighted by atomic mass is 19.4. The smallest absolute Gasteiger partial charge is 0.416 e. The zero-order valence-electron chi connectivity index (χ0n) is 27.2. The molecule has 0 unspecified atom stereocenters. The molecule has 4 N–H and O–H groups in total. The van der Waals surface area contributed by atoms with E-state index in [1.54, 1.807) is 6.92 Å². The van der Waals surface area contributed by atoms with Crippen LogP contribution in [0.2, 0.25) is 0 Å². The fraction of sp³-hybridized carbons (Fsp3) is 0.469. The normalized spacial score (nSPS) is 17.5. The molecule has 0 bridgehead atoms. The van der Waals surface area contributed by atoms with Crippen LogP contribution in [0.15, 0.2) is 36.5 Å². The molecule has 2 atom stereocenters. The number of nitrogens with zero attached hydrogens (tertiary/aromatic N) is 4. The van der Waals surface area contributed by atoms with Gasteiger partial charge in [0.05, 0.1) is 41.2 Å². The number of halogens is 6. The molecule has 49 heavy (non-hydrogen) atoms. The van der Waals surface area contributed by atoms with Crippen LogP contribution in [0.5, 0.6) is 5.88 Å². The molecule has 3 aromatic rings. The van der Waals surface area contributed by atoms with Crippen LogP contribution in [0.25, 0.3) is 0 Å². The van der Waals surface area contributed by atoms with Gasteiger partial charge in [-0.05, 0) is 68.5 Å². The molecule has 0 saturated carbocycles. The molecule has 1 aliphatic heterocycles. The minimum absolute atomic E-state index is 0.00655. The van der Waals surface area contributed by atoms with Gasteiger partial charge in [-0.25, -0.2) is 19.7 Å². The van der Waals surface area contributed by atoms with Crippen LogP contribution >= 0.6 is 0 Å². The first-order valence-corrected chi connectivity index (χ1v) is 15.2. The van der Waals surface area contributed by atoms with Crippen molar-refractivity contribution in [1.29, 1.82) is 0 Å². The number of carbonyl (C=O) groups is 2. The number of benzene rings is 1. The first-order valence-electron chi connectivity index (χ1n) is 15.2. The van der Waals surface area contributed by atoms with E-state index < -0.39 is 60.0 Å². The van der Waals surface area contributed by atoms with Crippen LogP contribution in [0.4, 0.5) is 36.8 Å². The Morgan fingerprint density at radius 1 is 1.00 bits per heavy atom. The molecule has 1 aromatic carbocycles. The number of amides is 1. The second-order valence-electron chi connectivity index (χ2n) is 11.1. The largest absolute Gasteiger partial charge is 0.481 e. The summed E-state index contributed by atoms with van der Waals surface area (Å²) >= 11 is 0. The maximum absolute atomic E-state index is 13.5. The Labute approximate surface area is 278 Å². The van der Waals surface area contributed by atoms with E-state index >= 15 is 0 Å². The van der Waals surface area contributed by atoms with Gasteiger partial charge in [0, 0.05) is 38.3 Å². The van der Waals surface area contributed by atoms with Gasteiger partial charge in [0.1, 0.15) is 11.5 Å². The summed E-state index contributed by atoms with van der Waals surface area (Å²) in [6, 6.07) is 4.04. The number of carboxylic acid groups (broad SMARTS) is 2. The number of methoxy groups -OCH3 is 1. The minimum Gasteiger partial charge on any atom is -0.481 e.